The van der Waals surface area contributed by atoms with Gasteiger partial charge in [0, 0.05) is 46.2 Å². The molecule has 1 aromatic carbocycles. The summed E-state index contributed by atoms with van der Waals surface area (Å²) >= 11 is 0. The Hall–Kier alpha value is -2.16. The van der Waals surface area contributed by atoms with E-state index < -0.39 is 11.9 Å². The average molecular weight is 394 g/mol. The molecule has 2 N–H and O–H groups in total. The molecule has 0 radical (unpaired) electrons. The molecule has 0 spiro atoms. The Balaban J connectivity index is 0.00000210. The van der Waals surface area contributed by atoms with Gasteiger partial charge in [-0.05, 0) is 18.1 Å². The number of rotatable bonds is 3. The molecule has 3 heterocycles. The molecular weight excluding hydrogens is 370 g/mol. The molecule has 1 atom stereocenters. The van der Waals surface area contributed by atoms with Gasteiger partial charge in [0.1, 0.15) is 6.04 Å². The van der Waals surface area contributed by atoms with Crippen LogP contribution in [0.15, 0.2) is 23.0 Å². The van der Waals surface area contributed by atoms with Crippen LogP contribution in [0.5, 0.6) is 0 Å². The summed E-state index contributed by atoms with van der Waals surface area (Å²) < 4.78 is 3.16. The topological polar surface area (TPSA) is 88.4 Å². The lowest BCUT2D eigenvalue weighted by Gasteiger charge is -2.27. The van der Waals surface area contributed by atoms with E-state index in [0.29, 0.717) is 6.42 Å². The lowest BCUT2D eigenvalue weighted by Crippen LogP contribution is -2.44. The number of aryl methyl sites for hydroxylation is 1. The minimum atomic E-state index is -0.640. The summed E-state index contributed by atoms with van der Waals surface area (Å²) in [6.45, 7) is 4.64. The van der Waals surface area contributed by atoms with Crippen LogP contribution in [0.3, 0.4) is 0 Å². The fourth-order valence-electron chi connectivity index (χ4n) is 3.99. The van der Waals surface area contributed by atoms with Crippen molar-refractivity contribution in [3.05, 3.63) is 34.2 Å². The molecule has 9 heteroatoms. The second-order valence-corrected chi connectivity index (χ2v) is 6.99. The Morgan fingerprint density at radius 2 is 1.89 bits per heavy atom. The fraction of sp³-hybridized carbons (Fsp3) is 0.500. The quantitative estimate of drug-likeness (QED) is 0.724. The molecule has 2 aliphatic rings. The number of imide groups is 1. The van der Waals surface area contributed by atoms with Gasteiger partial charge in [-0.1, -0.05) is 12.1 Å². The molecule has 27 heavy (non-hydrogen) atoms. The number of aromatic nitrogens is 2. The number of hydrogen-bond donors (Lipinski definition) is 2. The lowest BCUT2D eigenvalue weighted by atomic mass is 10.1. The first-order valence-electron chi connectivity index (χ1n) is 9.02. The van der Waals surface area contributed by atoms with Gasteiger partial charge in [0.25, 0.3) is 0 Å². The van der Waals surface area contributed by atoms with Crippen LogP contribution < -0.4 is 16.3 Å². The molecule has 2 fully saturated rings. The van der Waals surface area contributed by atoms with E-state index in [1.807, 2.05) is 18.2 Å². The zero-order chi connectivity index (χ0) is 18.3. The highest BCUT2D eigenvalue weighted by atomic mass is 35.5. The number of nitrogens with one attached hydrogen (secondary N) is 2. The fourth-order valence-corrected chi connectivity index (χ4v) is 3.99. The first-order chi connectivity index (χ1) is 12.6. The Morgan fingerprint density at radius 3 is 2.59 bits per heavy atom. The summed E-state index contributed by atoms with van der Waals surface area (Å²) in [7, 11) is 1.74. The smallest absolute Gasteiger partial charge is 0.314 e. The molecule has 1 aromatic heterocycles. The highest BCUT2D eigenvalue weighted by Gasteiger charge is 2.31. The maximum Gasteiger partial charge on any atom is 0.329 e. The van der Waals surface area contributed by atoms with Crippen LogP contribution in [0.1, 0.15) is 24.4 Å². The average Bonchev–Trinajstić information content (AvgIpc) is 2.88. The van der Waals surface area contributed by atoms with Crippen molar-refractivity contribution >= 4 is 35.3 Å². The van der Waals surface area contributed by atoms with Crippen molar-refractivity contribution in [1.82, 2.24) is 24.7 Å². The standard InChI is InChI=1S/C18H23N5O3.ClH/c1-21-16-12(11-22-9-7-19-8-10-22)3-2-4-13(16)23(18(21)26)14-5-6-15(24)20-17(14)25;/h2-4,14,19H,5-11H2,1H3,(H,20,24,25);1H. The van der Waals surface area contributed by atoms with E-state index in [4.69, 9.17) is 0 Å². The summed E-state index contributed by atoms with van der Waals surface area (Å²) in [4.78, 5) is 39.0. The predicted molar refractivity (Wildman–Crippen MR) is 104 cm³/mol. The Bertz CT molecular complexity index is 929. The van der Waals surface area contributed by atoms with E-state index in [-0.39, 0.29) is 30.4 Å². The first kappa shape index (κ1) is 19.6. The zero-order valence-corrected chi connectivity index (χ0v) is 16.1. The third kappa shape index (κ3) is 3.52. The van der Waals surface area contributed by atoms with E-state index >= 15 is 0 Å². The van der Waals surface area contributed by atoms with Crippen LogP contribution >= 0.6 is 12.4 Å². The lowest BCUT2D eigenvalue weighted by molar-refractivity contribution is -0.135. The Kier molecular flexibility index (Phi) is 5.69. The van der Waals surface area contributed by atoms with Crippen LogP contribution in [-0.4, -0.2) is 52.0 Å². The van der Waals surface area contributed by atoms with Gasteiger partial charge in [-0.2, -0.15) is 0 Å². The molecule has 2 aromatic rings. The van der Waals surface area contributed by atoms with Crippen molar-refractivity contribution in [2.24, 2.45) is 7.05 Å². The number of piperidine rings is 1. The van der Waals surface area contributed by atoms with Gasteiger partial charge in [0.15, 0.2) is 0 Å². The highest BCUT2D eigenvalue weighted by molar-refractivity contribution is 6.00. The van der Waals surface area contributed by atoms with Gasteiger partial charge in [-0.15, -0.1) is 12.4 Å². The third-order valence-corrected chi connectivity index (χ3v) is 5.31. The number of para-hydroxylation sites is 1. The van der Waals surface area contributed by atoms with Gasteiger partial charge in [-0.25, -0.2) is 4.79 Å². The van der Waals surface area contributed by atoms with Crippen LogP contribution in [0.25, 0.3) is 11.0 Å². The maximum absolute atomic E-state index is 12.9. The summed E-state index contributed by atoms with van der Waals surface area (Å²) in [6.07, 6.45) is 0.603. The Morgan fingerprint density at radius 1 is 1.15 bits per heavy atom. The molecule has 8 nitrogen and oxygen atoms in total. The number of amides is 2. The molecule has 1 unspecified atom stereocenters. The summed E-state index contributed by atoms with van der Waals surface area (Å²) in [6, 6.07) is 5.21. The van der Waals surface area contributed by atoms with Gasteiger partial charge < -0.3 is 5.32 Å². The second-order valence-electron chi connectivity index (χ2n) is 6.99. The minimum Gasteiger partial charge on any atom is -0.314 e. The number of imidazole rings is 1. The summed E-state index contributed by atoms with van der Waals surface area (Å²) in [5.41, 5.74) is 2.47. The van der Waals surface area contributed by atoms with E-state index in [9.17, 15) is 14.4 Å². The number of halogens is 1. The number of nitrogens with zero attached hydrogens (tertiary/aromatic N) is 3. The normalized spacial score (nSPS) is 21.1. The third-order valence-electron chi connectivity index (χ3n) is 5.31. The van der Waals surface area contributed by atoms with Gasteiger partial charge in [0.05, 0.1) is 11.0 Å². The van der Waals surface area contributed by atoms with Crippen LogP contribution in [-0.2, 0) is 23.2 Å². The first-order valence-corrected chi connectivity index (χ1v) is 9.02. The van der Waals surface area contributed by atoms with Crippen molar-refractivity contribution in [3.63, 3.8) is 0 Å². The molecule has 2 saturated heterocycles. The number of carbonyl (C=O) groups is 2. The number of fused-ring (bicyclic) bond motifs is 1. The molecular formula is C18H24ClN5O3. The van der Waals surface area contributed by atoms with Crippen molar-refractivity contribution < 1.29 is 9.59 Å². The predicted octanol–water partition coefficient (Wildman–Crippen LogP) is 0.145. The number of carbonyl (C=O) groups excluding carboxylic acids is 2. The highest BCUT2D eigenvalue weighted by Crippen LogP contribution is 2.25. The second kappa shape index (κ2) is 7.84. The maximum atomic E-state index is 12.9. The molecule has 146 valence electrons. The summed E-state index contributed by atoms with van der Waals surface area (Å²) in [5, 5.41) is 5.69. The van der Waals surface area contributed by atoms with Crippen molar-refractivity contribution in [3.8, 4) is 0 Å². The van der Waals surface area contributed by atoms with Crippen LogP contribution in [0.4, 0.5) is 0 Å². The monoisotopic (exact) mass is 393 g/mol. The van der Waals surface area contributed by atoms with Crippen LogP contribution in [0.2, 0.25) is 0 Å². The minimum absolute atomic E-state index is 0. The molecule has 2 aliphatic heterocycles. The zero-order valence-electron chi connectivity index (χ0n) is 15.2. The van der Waals surface area contributed by atoms with E-state index in [1.54, 1.807) is 16.2 Å². The van der Waals surface area contributed by atoms with E-state index in [0.717, 1.165) is 49.3 Å². The molecule has 2 amide bonds. The number of benzene rings is 1. The molecule has 0 saturated carbocycles. The van der Waals surface area contributed by atoms with Crippen molar-refractivity contribution in [2.45, 2.75) is 25.4 Å². The SMILES string of the molecule is Cl.Cn1c(=O)n(C2CCC(=O)NC2=O)c2cccc(CN3CCNCC3)c21. The van der Waals surface area contributed by atoms with E-state index in [1.165, 1.54) is 0 Å². The van der Waals surface area contributed by atoms with Gasteiger partial charge in [-0.3, -0.25) is 28.9 Å². The van der Waals surface area contributed by atoms with Gasteiger partial charge in [0.2, 0.25) is 11.8 Å². The van der Waals surface area contributed by atoms with Gasteiger partial charge >= 0.3 is 5.69 Å². The van der Waals surface area contributed by atoms with Crippen LogP contribution in [0, 0.1) is 0 Å². The number of piperazine rings is 1. The largest absolute Gasteiger partial charge is 0.329 e. The van der Waals surface area contributed by atoms with E-state index in [2.05, 4.69) is 15.5 Å². The molecule has 0 bridgehead atoms. The number of hydrogen-bond acceptors (Lipinski definition) is 5. The Labute approximate surface area is 162 Å². The van der Waals surface area contributed by atoms with Crippen molar-refractivity contribution in [2.75, 3.05) is 26.2 Å². The molecule has 4 rings (SSSR count). The van der Waals surface area contributed by atoms with Crippen molar-refractivity contribution in [1.29, 1.82) is 0 Å². The summed E-state index contributed by atoms with van der Waals surface area (Å²) in [5.74, 6) is -0.678. The molecule has 0 aliphatic carbocycles.